The highest BCUT2D eigenvalue weighted by Crippen LogP contribution is 2.24. The molecule has 0 bridgehead atoms. The number of aryl methyl sites for hydroxylation is 1. The van der Waals surface area contributed by atoms with Crippen LogP contribution in [0.1, 0.15) is 21.9 Å². The summed E-state index contributed by atoms with van der Waals surface area (Å²) < 4.78 is 21.2. The van der Waals surface area contributed by atoms with Gasteiger partial charge in [-0.15, -0.1) is 5.10 Å². The molecule has 0 spiro atoms. The van der Waals surface area contributed by atoms with E-state index < -0.39 is 11.7 Å². The molecule has 3 heterocycles. The molecule has 8 nitrogen and oxygen atoms in total. The molecule has 0 saturated carbocycles. The number of benzene rings is 1. The molecule has 1 amide bonds. The summed E-state index contributed by atoms with van der Waals surface area (Å²) in [5, 5.41) is 6.80. The number of halogens is 1. The van der Waals surface area contributed by atoms with E-state index in [1.807, 2.05) is 6.92 Å². The molecule has 1 N–H and O–H groups in total. The molecule has 0 aliphatic carbocycles. The topological polar surface area (TPSA) is 94.3 Å². The fourth-order valence-electron chi connectivity index (χ4n) is 2.54. The van der Waals surface area contributed by atoms with E-state index in [-0.39, 0.29) is 18.1 Å². The fourth-order valence-corrected chi connectivity index (χ4v) is 2.54. The second-order valence-corrected chi connectivity index (χ2v) is 5.97. The first-order chi connectivity index (χ1) is 13.6. The van der Waals surface area contributed by atoms with Crippen molar-refractivity contribution in [2.24, 2.45) is 0 Å². The first-order valence-electron chi connectivity index (χ1n) is 8.43. The van der Waals surface area contributed by atoms with Gasteiger partial charge in [0.15, 0.2) is 11.6 Å². The van der Waals surface area contributed by atoms with Gasteiger partial charge in [-0.1, -0.05) is 6.07 Å². The van der Waals surface area contributed by atoms with Crippen LogP contribution in [0.4, 0.5) is 4.39 Å². The molecule has 0 atom stereocenters. The Morgan fingerprint density at radius 2 is 2.14 bits per heavy atom. The molecule has 0 aliphatic rings. The van der Waals surface area contributed by atoms with Crippen molar-refractivity contribution in [3.05, 3.63) is 77.9 Å². The predicted molar refractivity (Wildman–Crippen MR) is 97.4 cm³/mol. The van der Waals surface area contributed by atoms with E-state index in [1.54, 1.807) is 36.7 Å². The smallest absolute Gasteiger partial charge is 0.291 e. The Bertz CT molecular complexity index is 1150. The number of carbonyl (C=O) groups is 1. The monoisotopic (exact) mass is 378 g/mol. The third-order valence-electron chi connectivity index (χ3n) is 3.94. The summed E-state index contributed by atoms with van der Waals surface area (Å²) in [6.45, 7) is 1.95. The van der Waals surface area contributed by atoms with Crippen LogP contribution in [0, 0.1) is 12.7 Å². The number of nitrogens with one attached hydrogen (secondary N) is 1. The van der Waals surface area contributed by atoms with Gasteiger partial charge in [0, 0.05) is 24.6 Å². The number of hydrogen-bond acceptors (Lipinski definition) is 6. The lowest BCUT2D eigenvalue weighted by Gasteiger charge is -2.08. The minimum absolute atomic E-state index is 0.00111. The average Bonchev–Trinajstić information content (AvgIpc) is 3.15. The Kier molecular flexibility index (Phi) is 4.63. The lowest BCUT2D eigenvalue weighted by atomic mass is 10.2. The Hall–Kier alpha value is -3.88. The third kappa shape index (κ3) is 3.63. The maximum atomic E-state index is 14.3. The van der Waals surface area contributed by atoms with Crippen LogP contribution in [0.15, 0.2) is 55.0 Å². The maximum Gasteiger partial charge on any atom is 0.291 e. The molecular formula is C19H15FN6O2. The van der Waals surface area contributed by atoms with Gasteiger partial charge in [-0.05, 0) is 42.8 Å². The van der Waals surface area contributed by atoms with Gasteiger partial charge in [-0.3, -0.25) is 9.78 Å². The number of fused-ring (bicyclic) bond motifs is 1. The van der Waals surface area contributed by atoms with Crippen LogP contribution < -0.4 is 10.1 Å². The molecule has 0 aliphatic heterocycles. The van der Waals surface area contributed by atoms with Gasteiger partial charge in [0.25, 0.3) is 11.7 Å². The number of ether oxygens (including phenoxy) is 1. The molecule has 0 radical (unpaired) electrons. The molecule has 1 aromatic carbocycles. The zero-order valence-electron chi connectivity index (χ0n) is 14.8. The Morgan fingerprint density at radius 3 is 2.89 bits per heavy atom. The number of carbonyl (C=O) groups excluding carboxylic acids is 1. The van der Waals surface area contributed by atoms with Crippen molar-refractivity contribution < 1.29 is 13.9 Å². The Balaban J connectivity index is 1.43. The number of hydrogen-bond donors (Lipinski definition) is 1. The van der Waals surface area contributed by atoms with Crippen molar-refractivity contribution in [1.29, 1.82) is 0 Å². The van der Waals surface area contributed by atoms with Gasteiger partial charge in [0.2, 0.25) is 5.82 Å². The summed E-state index contributed by atoms with van der Waals surface area (Å²) in [6.07, 6.45) is 4.69. The van der Waals surface area contributed by atoms with Crippen LogP contribution in [0.5, 0.6) is 11.5 Å². The Labute approximate surface area is 159 Å². The molecule has 4 aromatic rings. The van der Waals surface area contributed by atoms with Crippen molar-refractivity contribution in [2.75, 3.05) is 0 Å². The van der Waals surface area contributed by atoms with Gasteiger partial charge in [-0.25, -0.2) is 13.9 Å². The lowest BCUT2D eigenvalue weighted by Crippen LogP contribution is -2.24. The molecule has 0 saturated heterocycles. The van der Waals surface area contributed by atoms with Gasteiger partial charge < -0.3 is 10.1 Å². The highest BCUT2D eigenvalue weighted by atomic mass is 19.1. The first-order valence-corrected chi connectivity index (χ1v) is 8.43. The number of pyridine rings is 1. The van der Waals surface area contributed by atoms with Crippen molar-refractivity contribution in [3.8, 4) is 11.5 Å². The second-order valence-electron chi connectivity index (χ2n) is 5.97. The molecule has 28 heavy (non-hydrogen) atoms. The van der Waals surface area contributed by atoms with Gasteiger partial charge in [0.05, 0.1) is 6.20 Å². The molecule has 0 unspecified atom stereocenters. The van der Waals surface area contributed by atoms with E-state index >= 15 is 0 Å². The minimum Gasteiger partial charge on any atom is -0.453 e. The van der Waals surface area contributed by atoms with Gasteiger partial charge >= 0.3 is 0 Å². The zero-order valence-corrected chi connectivity index (χ0v) is 14.8. The van der Waals surface area contributed by atoms with Crippen LogP contribution in [0.3, 0.4) is 0 Å². The number of nitrogens with zero attached hydrogens (tertiary/aromatic N) is 5. The fraction of sp³-hybridized carbons (Fsp3) is 0.105. The van der Waals surface area contributed by atoms with E-state index in [0.29, 0.717) is 17.1 Å². The quantitative estimate of drug-likeness (QED) is 0.574. The number of amides is 1. The highest BCUT2D eigenvalue weighted by molar-refractivity contribution is 5.90. The van der Waals surface area contributed by atoms with E-state index in [9.17, 15) is 9.18 Å². The van der Waals surface area contributed by atoms with Crippen LogP contribution in [-0.2, 0) is 6.54 Å². The Morgan fingerprint density at radius 1 is 1.25 bits per heavy atom. The number of rotatable bonds is 5. The standard InChI is InChI=1S/C19H15FN6O2/c1-12-6-8-22-19-24-17(25-26(12)19)18(27)23-10-13-4-5-16(15(20)9-13)28-14-3-2-7-21-11-14/h2-9,11H,10H2,1H3,(H,23,27). The van der Waals surface area contributed by atoms with Crippen molar-refractivity contribution in [2.45, 2.75) is 13.5 Å². The minimum atomic E-state index is -0.540. The first kappa shape index (κ1) is 17.5. The van der Waals surface area contributed by atoms with Crippen LogP contribution >= 0.6 is 0 Å². The third-order valence-corrected chi connectivity index (χ3v) is 3.94. The van der Waals surface area contributed by atoms with Gasteiger partial charge in [0.1, 0.15) is 5.75 Å². The van der Waals surface area contributed by atoms with Crippen molar-refractivity contribution in [3.63, 3.8) is 0 Å². The van der Waals surface area contributed by atoms with Crippen molar-refractivity contribution >= 4 is 11.7 Å². The van der Waals surface area contributed by atoms with Crippen LogP contribution in [0.25, 0.3) is 5.78 Å². The van der Waals surface area contributed by atoms with Crippen LogP contribution in [0.2, 0.25) is 0 Å². The highest BCUT2D eigenvalue weighted by Gasteiger charge is 2.14. The summed E-state index contributed by atoms with van der Waals surface area (Å²) in [6, 6.07) is 9.61. The molecule has 9 heteroatoms. The number of aromatic nitrogens is 5. The maximum absolute atomic E-state index is 14.3. The van der Waals surface area contributed by atoms with E-state index in [1.165, 1.54) is 22.8 Å². The predicted octanol–water partition coefficient (Wildman–Crippen LogP) is 2.69. The molecule has 140 valence electrons. The summed E-state index contributed by atoms with van der Waals surface area (Å²) in [7, 11) is 0. The molecular weight excluding hydrogens is 363 g/mol. The summed E-state index contributed by atoms with van der Waals surface area (Å²) >= 11 is 0. The van der Waals surface area contributed by atoms with Crippen LogP contribution in [-0.4, -0.2) is 30.5 Å². The molecule has 4 rings (SSSR count). The summed E-state index contributed by atoms with van der Waals surface area (Å²) in [5.74, 6) is -0.162. The SMILES string of the molecule is Cc1ccnc2nc(C(=O)NCc3ccc(Oc4cccnc4)c(F)c3)nn12. The van der Waals surface area contributed by atoms with Gasteiger partial charge in [-0.2, -0.15) is 4.98 Å². The lowest BCUT2D eigenvalue weighted by molar-refractivity contribution is 0.0940. The summed E-state index contributed by atoms with van der Waals surface area (Å²) in [5.41, 5.74) is 1.38. The second kappa shape index (κ2) is 7.39. The van der Waals surface area contributed by atoms with E-state index in [0.717, 1.165) is 5.69 Å². The largest absolute Gasteiger partial charge is 0.453 e. The molecule has 3 aromatic heterocycles. The normalized spacial score (nSPS) is 10.8. The van der Waals surface area contributed by atoms with E-state index in [4.69, 9.17) is 4.74 Å². The average molecular weight is 378 g/mol. The van der Waals surface area contributed by atoms with Crippen molar-refractivity contribution in [1.82, 2.24) is 29.9 Å². The molecule has 0 fully saturated rings. The summed E-state index contributed by atoms with van der Waals surface area (Å²) in [4.78, 5) is 24.4. The zero-order chi connectivity index (χ0) is 19.5. The van der Waals surface area contributed by atoms with E-state index in [2.05, 4.69) is 25.4 Å².